The highest BCUT2D eigenvalue weighted by Crippen LogP contribution is 2.47. The molecule has 2 aromatic rings. The van der Waals surface area contributed by atoms with Crippen LogP contribution in [0.4, 0.5) is 4.39 Å². The number of aliphatic hydroxyl groups is 1. The van der Waals surface area contributed by atoms with E-state index < -0.39 is 74.7 Å². The van der Waals surface area contributed by atoms with E-state index in [1.54, 1.807) is 26.0 Å². The maximum absolute atomic E-state index is 15.6. The lowest BCUT2D eigenvalue weighted by Gasteiger charge is -2.32. The smallest absolute Gasteiger partial charge is 0.459 e. The quantitative estimate of drug-likeness (QED) is 0.220. The second-order valence-electron chi connectivity index (χ2n) is 9.94. The number of ether oxygens (including phenoxy) is 2. The van der Waals surface area contributed by atoms with Gasteiger partial charge in [0.15, 0.2) is 17.7 Å². The van der Waals surface area contributed by atoms with Crippen LogP contribution in [0.25, 0.3) is 5.69 Å². The van der Waals surface area contributed by atoms with Crippen molar-refractivity contribution < 1.29 is 47.0 Å². The van der Waals surface area contributed by atoms with E-state index in [1.165, 1.54) is 36.4 Å². The summed E-state index contributed by atoms with van der Waals surface area (Å²) in [5.74, 6) is -1.80. The Kier molecular flexibility index (Phi) is 9.04. The Morgan fingerprint density at radius 2 is 2.00 bits per heavy atom. The van der Waals surface area contributed by atoms with Gasteiger partial charge in [0.25, 0.3) is 0 Å². The zero-order valence-electron chi connectivity index (χ0n) is 22.7. The minimum absolute atomic E-state index is 0.0870. The number of halogens is 1. The molecular weight excluding hydrogens is 564 g/mol. The number of aromatic nitrogens is 3. The van der Waals surface area contributed by atoms with E-state index in [0.29, 0.717) is 5.69 Å². The average Bonchev–Trinajstić information content (AvgIpc) is 3.51. The molecule has 0 aliphatic carbocycles. The summed E-state index contributed by atoms with van der Waals surface area (Å²) >= 11 is 0. The van der Waals surface area contributed by atoms with E-state index in [1.807, 2.05) is 0 Å². The summed E-state index contributed by atoms with van der Waals surface area (Å²) in [4.78, 5) is 41.0. The minimum Gasteiger partial charge on any atom is -0.462 e. The lowest BCUT2D eigenvalue weighted by molar-refractivity contribution is -0.150. The van der Waals surface area contributed by atoms with Gasteiger partial charge in [-0.3, -0.25) is 23.8 Å². The average molecular weight is 596 g/mol. The number of carbonyl (C=O) groups excluding carboxylic acids is 3. The number of hydrogen-bond acceptors (Lipinski definition) is 11. The molecule has 1 aromatic heterocycles. The van der Waals surface area contributed by atoms with E-state index in [0.717, 1.165) is 24.1 Å². The lowest BCUT2D eigenvalue weighted by atomic mass is 9.97. The summed E-state index contributed by atoms with van der Waals surface area (Å²) in [5.41, 5.74) is -1.84. The number of hydrogen-bond donors (Lipinski definition) is 2. The fourth-order valence-electron chi connectivity index (χ4n) is 4.13. The number of esters is 1. The van der Waals surface area contributed by atoms with Gasteiger partial charge in [-0.2, -0.15) is 10.2 Å². The van der Waals surface area contributed by atoms with Crippen molar-refractivity contribution in [2.24, 2.45) is 0 Å². The zero-order chi connectivity index (χ0) is 29.9. The normalized spacial score (nSPS) is 26.7. The second-order valence-corrected chi connectivity index (χ2v) is 11.6. The van der Waals surface area contributed by atoms with E-state index in [4.69, 9.17) is 18.5 Å². The Morgan fingerprint density at radius 1 is 1.29 bits per heavy atom. The first-order valence-corrected chi connectivity index (χ1v) is 14.3. The maximum Gasteiger partial charge on any atom is 0.459 e. The van der Waals surface area contributed by atoms with Crippen molar-refractivity contribution in [2.45, 2.75) is 70.4 Å². The largest absolute Gasteiger partial charge is 0.462 e. The summed E-state index contributed by atoms with van der Waals surface area (Å²) in [7, 11) is -4.40. The first-order valence-electron chi connectivity index (χ1n) is 12.7. The van der Waals surface area contributed by atoms with Crippen LogP contribution >= 0.6 is 7.75 Å². The molecule has 6 atom stereocenters. The molecule has 16 heteroatoms. The van der Waals surface area contributed by atoms with Gasteiger partial charge in [-0.15, -0.1) is 0 Å². The van der Waals surface area contributed by atoms with Crippen LogP contribution in [0.1, 0.15) is 34.1 Å². The number of benzene rings is 1. The number of nitrogens with zero attached hydrogens (tertiary/aromatic N) is 4. The molecular formula is C25H31FN5O9P. The summed E-state index contributed by atoms with van der Waals surface area (Å²) in [6.45, 7) is 5.07. The van der Waals surface area contributed by atoms with Gasteiger partial charge >= 0.3 is 13.7 Å². The highest BCUT2D eigenvalue weighted by molar-refractivity contribution is 7.52. The van der Waals surface area contributed by atoms with Crippen molar-refractivity contribution in [3.8, 4) is 11.4 Å². The van der Waals surface area contributed by atoms with E-state index in [2.05, 4.69) is 15.2 Å². The molecule has 1 aromatic carbocycles. The molecule has 0 saturated carbocycles. The third-order valence-electron chi connectivity index (χ3n) is 6.22. The van der Waals surface area contributed by atoms with Crippen molar-refractivity contribution in [2.75, 3.05) is 6.61 Å². The third kappa shape index (κ3) is 7.05. The number of nitrogens with one attached hydrogen (secondary N) is 1. The van der Waals surface area contributed by atoms with Crippen molar-refractivity contribution in [3.05, 3.63) is 49.2 Å². The summed E-state index contributed by atoms with van der Waals surface area (Å²) in [6, 6.07) is 5.04. The molecule has 3 heterocycles. The van der Waals surface area contributed by atoms with E-state index in [9.17, 15) is 24.1 Å². The second kappa shape index (κ2) is 12.2. The molecule has 1 saturated heterocycles. The highest BCUT2D eigenvalue weighted by Gasteiger charge is 2.57. The van der Waals surface area contributed by atoms with Crippen molar-refractivity contribution in [1.29, 1.82) is 0 Å². The monoisotopic (exact) mass is 595 g/mol. The Bertz CT molecular complexity index is 1340. The molecule has 1 amide bonds. The number of ketones is 1. The van der Waals surface area contributed by atoms with Crippen molar-refractivity contribution >= 4 is 25.4 Å². The number of amides is 1. The Hall–Kier alpha value is -3.49. The van der Waals surface area contributed by atoms with Crippen molar-refractivity contribution in [1.82, 2.24) is 24.8 Å². The van der Waals surface area contributed by atoms with Gasteiger partial charge < -0.3 is 19.1 Å². The van der Waals surface area contributed by atoms with Gasteiger partial charge in [0.1, 0.15) is 36.7 Å². The topological polar surface area (TPSA) is 171 Å². The molecule has 14 nitrogen and oxygen atoms in total. The molecule has 1 unspecified atom stereocenters. The van der Waals surface area contributed by atoms with Gasteiger partial charge in [0.05, 0.1) is 24.8 Å². The predicted molar refractivity (Wildman–Crippen MR) is 139 cm³/mol. The number of carbonyl (C=O) groups is 3. The van der Waals surface area contributed by atoms with Gasteiger partial charge in [0, 0.05) is 6.20 Å². The molecule has 4 rings (SSSR count). The Labute approximate surface area is 235 Å². The number of rotatable bonds is 11. The number of allylic oxidation sites excluding steroid dienone is 1. The molecule has 1 fully saturated rings. The van der Waals surface area contributed by atoms with Gasteiger partial charge in [-0.05, 0) is 58.0 Å². The molecule has 2 aliphatic heterocycles. The third-order valence-corrected chi connectivity index (χ3v) is 7.86. The fourth-order valence-corrected chi connectivity index (χ4v) is 5.63. The van der Waals surface area contributed by atoms with Crippen molar-refractivity contribution in [3.63, 3.8) is 0 Å². The fraction of sp³-hybridized carbons (Fsp3) is 0.480. The van der Waals surface area contributed by atoms with E-state index >= 15 is 4.39 Å². The standard InChI is InChI=1S/C25H31FN5O9P/c1-15(2)38-23(35)16(3)29-41(36,40-19-7-5-17(6-8-19)31-14-27-13-28-31)37-12-20-22(34)25(4,26)24(39-20)30-10-9-18(32)11-21(30)33/h5-10,13-16,20,22,24,34H,11-12H2,1-4H3,(H,29,36)/t16-,20+,22+,24+,25+,41?/m0/s1. The zero-order valence-corrected chi connectivity index (χ0v) is 23.6. The molecule has 222 valence electrons. The molecule has 0 spiro atoms. The predicted octanol–water partition coefficient (Wildman–Crippen LogP) is 1.83. The van der Waals surface area contributed by atoms with Gasteiger partial charge in [0.2, 0.25) is 5.91 Å². The molecule has 41 heavy (non-hydrogen) atoms. The number of aliphatic hydroxyl groups excluding tert-OH is 1. The molecule has 2 aliphatic rings. The Morgan fingerprint density at radius 3 is 2.61 bits per heavy atom. The molecule has 2 N–H and O–H groups in total. The molecule has 0 radical (unpaired) electrons. The Balaban J connectivity index is 1.51. The molecule has 0 bridgehead atoms. The van der Waals surface area contributed by atoms with Crippen LogP contribution in [-0.4, -0.2) is 85.3 Å². The van der Waals surface area contributed by atoms with E-state index in [-0.39, 0.29) is 5.75 Å². The summed E-state index contributed by atoms with van der Waals surface area (Å²) in [6.07, 6.45) is -0.681. The van der Waals surface area contributed by atoms with Crippen LogP contribution in [0.2, 0.25) is 0 Å². The van der Waals surface area contributed by atoms with Gasteiger partial charge in [-0.1, -0.05) is 0 Å². The number of alkyl halides is 1. The van der Waals surface area contributed by atoms with Crippen LogP contribution in [0.15, 0.2) is 49.2 Å². The minimum atomic E-state index is -4.40. The van der Waals surface area contributed by atoms with Crippen LogP contribution in [0.3, 0.4) is 0 Å². The lowest BCUT2D eigenvalue weighted by Crippen LogP contribution is -2.51. The van der Waals surface area contributed by atoms with Gasteiger partial charge in [-0.25, -0.2) is 18.6 Å². The van der Waals surface area contributed by atoms with Crippen LogP contribution < -0.4 is 9.61 Å². The summed E-state index contributed by atoms with van der Waals surface area (Å²) < 4.78 is 52.9. The van der Waals surface area contributed by atoms with Crippen LogP contribution in [0.5, 0.6) is 5.75 Å². The highest BCUT2D eigenvalue weighted by atomic mass is 31.2. The SMILES string of the molecule is CC(C)OC(=O)[C@H](C)NP(=O)(OC[C@H]1O[C@@H](N2C=CC(=O)CC2=O)[C@](C)(F)[C@@H]1O)Oc1ccc(-n2cncn2)cc1. The first kappa shape index (κ1) is 30.5. The van der Waals surface area contributed by atoms with Crippen LogP contribution in [-0.2, 0) is 32.9 Å². The van der Waals surface area contributed by atoms with Crippen LogP contribution in [0, 0.1) is 0 Å². The first-order chi connectivity index (χ1) is 19.3. The maximum atomic E-state index is 15.6. The summed E-state index contributed by atoms with van der Waals surface area (Å²) in [5, 5.41) is 17.2.